The Labute approximate surface area is 112 Å². The molecule has 0 saturated carbocycles. The van der Waals surface area contributed by atoms with Gasteiger partial charge in [0.1, 0.15) is 11.6 Å². The van der Waals surface area contributed by atoms with Gasteiger partial charge in [0.05, 0.1) is 11.9 Å². The van der Waals surface area contributed by atoms with Gasteiger partial charge in [-0.3, -0.25) is 4.98 Å². The molecule has 4 nitrogen and oxygen atoms in total. The van der Waals surface area contributed by atoms with Gasteiger partial charge < -0.3 is 5.32 Å². The first-order valence-corrected chi connectivity index (χ1v) is 6.32. The molecule has 2 aromatic rings. The Morgan fingerprint density at radius 2 is 2.11 bits per heavy atom. The van der Waals surface area contributed by atoms with Crippen LogP contribution in [0, 0.1) is 12.7 Å². The average molecular weight is 260 g/mol. The topological polar surface area (TPSA) is 50.7 Å². The molecule has 0 aliphatic rings. The summed E-state index contributed by atoms with van der Waals surface area (Å²) in [6, 6.07) is 1.64. The Balaban J connectivity index is 2.61. The average Bonchev–Trinajstić information content (AvgIpc) is 2.42. The van der Waals surface area contributed by atoms with Gasteiger partial charge in [-0.25, -0.2) is 14.4 Å². The van der Waals surface area contributed by atoms with E-state index in [4.69, 9.17) is 0 Å². The highest BCUT2D eigenvalue weighted by molar-refractivity contribution is 5.68. The summed E-state index contributed by atoms with van der Waals surface area (Å²) in [6.45, 7) is 3.95. The zero-order chi connectivity index (χ0) is 13.8. The fourth-order valence-corrected chi connectivity index (χ4v) is 1.97. The van der Waals surface area contributed by atoms with Crippen LogP contribution in [-0.2, 0) is 6.42 Å². The van der Waals surface area contributed by atoms with E-state index in [9.17, 15) is 4.39 Å². The van der Waals surface area contributed by atoms with Crippen molar-refractivity contribution in [3.05, 3.63) is 35.7 Å². The van der Waals surface area contributed by atoms with E-state index < -0.39 is 0 Å². The van der Waals surface area contributed by atoms with Gasteiger partial charge in [-0.2, -0.15) is 0 Å². The third kappa shape index (κ3) is 2.70. The molecule has 19 heavy (non-hydrogen) atoms. The van der Waals surface area contributed by atoms with Gasteiger partial charge in [0.2, 0.25) is 0 Å². The maximum absolute atomic E-state index is 13.9. The summed E-state index contributed by atoms with van der Waals surface area (Å²) < 4.78 is 13.9. The van der Waals surface area contributed by atoms with E-state index in [1.54, 1.807) is 19.3 Å². The van der Waals surface area contributed by atoms with Crippen molar-refractivity contribution in [2.75, 3.05) is 12.4 Å². The van der Waals surface area contributed by atoms with Gasteiger partial charge in [0, 0.05) is 30.8 Å². The number of hydrogen-bond donors (Lipinski definition) is 1. The molecular formula is C14H17FN4. The van der Waals surface area contributed by atoms with Crippen LogP contribution in [0.25, 0.3) is 11.3 Å². The van der Waals surface area contributed by atoms with E-state index in [-0.39, 0.29) is 5.82 Å². The van der Waals surface area contributed by atoms with Crippen molar-refractivity contribution < 1.29 is 4.39 Å². The lowest BCUT2D eigenvalue weighted by Crippen LogP contribution is -2.06. The number of rotatable bonds is 4. The van der Waals surface area contributed by atoms with Crippen LogP contribution in [0.1, 0.15) is 24.7 Å². The predicted octanol–water partition coefficient (Wildman–Crippen LogP) is 2.98. The summed E-state index contributed by atoms with van der Waals surface area (Å²) in [6.07, 6.45) is 4.49. The number of pyridine rings is 1. The molecule has 100 valence electrons. The lowest BCUT2D eigenvalue weighted by molar-refractivity contribution is 0.624. The van der Waals surface area contributed by atoms with Crippen molar-refractivity contribution in [3.63, 3.8) is 0 Å². The van der Waals surface area contributed by atoms with Crippen molar-refractivity contribution in [2.24, 2.45) is 0 Å². The van der Waals surface area contributed by atoms with Gasteiger partial charge in [-0.15, -0.1) is 0 Å². The minimum Gasteiger partial charge on any atom is -0.373 e. The Morgan fingerprint density at radius 3 is 2.74 bits per heavy atom. The zero-order valence-corrected chi connectivity index (χ0v) is 11.4. The van der Waals surface area contributed by atoms with E-state index >= 15 is 0 Å². The van der Waals surface area contributed by atoms with Crippen molar-refractivity contribution in [3.8, 4) is 11.3 Å². The highest BCUT2D eigenvalue weighted by Crippen LogP contribution is 2.27. The third-order valence-corrected chi connectivity index (χ3v) is 2.93. The van der Waals surface area contributed by atoms with Crippen molar-refractivity contribution in [2.45, 2.75) is 26.7 Å². The number of halogens is 1. The molecule has 0 fully saturated rings. The Hall–Kier alpha value is -2.04. The minimum atomic E-state index is -0.367. The van der Waals surface area contributed by atoms with Crippen LogP contribution in [-0.4, -0.2) is 22.0 Å². The summed E-state index contributed by atoms with van der Waals surface area (Å²) in [5.41, 5.74) is 1.93. The number of aryl methyl sites for hydroxylation is 1. The second-order valence-corrected chi connectivity index (χ2v) is 4.32. The van der Waals surface area contributed by atoms with Gasteiger partial charge in [0.15, 0.2) is 5.82 Å². The van der Waals surface area contributed by atoms with Gasteiger partial charge in [-0.05, 0) is 19.4 Å². The molecule has 1 N–H and O–H groups in total. The third-order valence-electron chi connectivity index (χ3n) is 2.93. The van der Waals surface area contributed by atoms with Crippen LogP contribution >= 0.6 is 0 Å². The number of aromatic nitrogens is 3. The molecule has 0 amide bonds. The van der Waals surface area contributed by atoms with Crippen molar-refractivity contribution >= 4 is 5.82 Å². The minimum absolute atomic E-state index is 0.367. The number of anilines is 1. The largest absolute Gasteiger partial charge is 0.373 e. The van der Waals surface area contributed by atoms with E-state index in [0.717, 1.165) is 30.0 Å². The Morgan fingerprint density at radius 1 is 1.32 bits per heavy atom. The fraction of sp³-hybridized carbons (Fsp3) is 0.357. The van der Waals surface area contributed by atoms with Crippen LogP contribution in [0.15, 0.2) is 18.5 Å². The zero-order valence-electron chi connectivity index (χ0n) is 11.4. The lowest BCUT2D eigenvalue weighted by Gasteiger charge is -2.12. The van der Waals surface area contributed by atoms with E-state index in [1.165, 1.54) is 6.20 Å². The fourth-order valence-electron chi connectivity index (χ4n) is 1.97. The molecule has 0 aliphatic heterocycles. The molecule has 0 aliphatic carbocycles. The summed E-state index contributed by atoms with van der Waals surface area (Å²) in [5, 5.41) is 3.03. The first-order valence-electron chi connectivity index (χ1n) is 6.32. The molecule has 0 atom stereocenters. The van der Waals surface area contributed by atoms with Crippen LogP contribution in [0.5, 0.6) is 0 Å². The van der Waals surface area contributed by atoms with Gasteiger partial charge >= 0.3 is 0 Å². The van der Waals surface area contributed by atoms with Crippen molar-refractivity contribution in [1.82, 2.24) is 15.0 Å². The SMILES string of the molecule is CCCc1nc(NC)c(C)c(-c2ccncc2F)n1. The summed E-state index contributed by atoms with van der Waals surface area (Å²) in [5.74, 6) is 1.10. The van der Waals surface area contributed by atoms with E-state index in [1.807, 2.05) is 6.92 Å². The lowest BCUT2D eigenvalue weighted by atomic mass is 10.1. The molecule has 0 unspecified atom stereocenters. The summed E-state index contributed by atoms with van der Waals surface area (Å²) >= 11 is 0. The number of nitrogens with zero attached hydrogens (tertiary/aromatic N) is 3. The normalized spacial score (nSPS) is 10.5. The molecule has 0 radical (unpaired) electrons. The van der Waals surface area contributed by atoms with Crippen molar-refractivity contribution in [1.29, 1.82) is 0 Å². The van der Waals surface area contributed by atoms with Crippen LogP contribution in [0.3, 0.4) is 0 Å². The van der Waals surface area contributed by atoms with E-state index in [2.05, 4.69) is 27.2 Å². The van der Waals surface area contributed by atoms with Gasteiger partial charge in [0.25, 0.3) is 0 Å². The van der Waals surface area contributed by atoms with Crippen LogP contribution in [0.2, 0.25) is 0 Å². The smallest absolute Gasteiger partial charge is 0.150 e. The maximum Gasteiger partial charge on any atom is 0.150 e. The monoisotopic (exact) mass is 260 g/mol. The standard InChI is InChI=1S/C14H17FN4/c1-4-5-12-18-13(9(2)14(16-3)19-12)10-6-7-17-8-11(10)15/h6-8H,4-5H2,1-3H3,(H,16,18,19). The second-order valence-electron chi connectivity index (χ2n) is 4.32. The predicted molar refractivity (Wildman–Crippen MR) is 73.5 cm³/mol. The molecule has 2 rings (SSSR count). The summed E-state index contributed by atoms with van der Waals surface area (Å²) in [7, 11) is 1.80. The molecule has 2 heterocycles. The molecular weight excluding hydrogens is 243 g/mol. The number of hydrogen-bond acceptors (Lipinski definition) is 4. The molecule has 0 spiro atoms. The summed E-state index contributed by atoms with van der Waals surface area (Å²) in [4.78, 5) is 12.7. The van der Waals surface area contributed by atoms with E-state index in [0.29, 0.717) is 11.3 Å². The quantitative estimate of drug-likeness (QED) is 0.918. The number of nitrogens with one attached hydrogen (secondary N) is 1. The molecule has 0 aromatic carbocycles. The highest BCUT2D eigenvalue weighted by atomic mass is 19.1. The maximum atomic E-state index is 13.9. The van der Waals surface area contributed by atoms with Crippen LogP contribution in [0.4, 0.5) is 10.2 Å². The molecule has 2 aromatic heterocycles. The molecule has 0 bridgehead atoms. The first kappa shape index (κ1) is 13.4. The second kappa shape index (κ2) is 5.73. The van der Waals surface area contributed by atoms with Gasteiger partial charge in [-0.1, -0.05) is 6.92 Å². The Bertz CT molecular complexity index is 584. The molecule has 0 saturated heterocycles. The molecule has 5 heteroatoms. The first-order chi connectivity index (χ1) is 9.17. The Kier molecular flexibility index (Phi) is 4.04. The van der Waals surface area contributed by atoms with Crippen LogP contribution < -0.4 is 5.32 Å². The highest BCUT2D eigenvalue weighted by Gasteiger charge is 2.14.